The number of hydrogen-bond donors (Lipinski definition) is 2. The van der Waals surface area contributed by atoms with Crippen LogP contribution in [0.5, 0.6) is 0 Å². The van der Waals surface area contributed by atoms with Gasteiger partial charge in [-0.3, -0.25) is 9.59 Å². The van der Waals surface area contributed by atoms with Gasteiger partial charge in [-0.1, -0.05) is 52.5 Å². The first kappa shape index (κ1) is 21.5. The first-order valence-corrected chi connectivity index (χ1v) is 9.39. The van der Waals surface area contributed by atoms with Crippen LogP contribution in [0.15, 0.2) is 41.5 Å². The maximum absolute atomic E-state index is 11.9. The van der Waals surface area contributed by atoms with Crippen molar-refractivity contribution < 1.29 is 9.59 Å². The van der Waals surface area contributed by atoms with Crippen LogP contribution in [0, 0.1) is 0 Å². The normalized spacial score (nSPS) is 10.8. The molecule has 0 spiro atoms. The lowest BCUT2D eigenvalue weighted by atomic mass is 10.2. The van der Waals surface area contributed by atoms with Crippen molar-refractivity contribution in [3.05, 3.63) is 62.1 Å². The Kier molecular flexibility index (Phi) is 8.38. The number of hydrazone groups is 1. The summed E-state index contributed by atoms with van der Waals surface area (Å²) < 4.78 is 0. The molecule has 5 nitrogen and oxygen atoms in total. The van der Waals surface area contributed by atoms with Crippen LogP contribution >= 0.6 is 46.4 Å². The fraction of sp³-hybridized carbons (Fsp3) is 0.167. The Morgan fingerprint density at radius 1 is 0.889 bits per heavy atom. The number of amides is 2. The summed E-state index contributed by atoms with van der Waals surface area (Å²) in [4.78, 5) is 23.7. The van der Waals surface area contributed by atoms with E-state index in [1.165, 1.54) is 6.21 Å². The third-order valence-corrected chi connectivity index (χ3v) is 4.79. The van der Waals surface area contributed by atoms with Gasteiger partial charge in [0.1, 0.15) is 0 Å². The Bertz CT molecular complexity index is 851. The average Bonchev–Trinajstić information content (AvgIpc) is 2.61. The number of hydrogen-bond acceptors (Lipinski definition) is 3. The van der Waals surface area contributed by atoms with Gasteiger partial charge in [-0.05, 0) is 36.8 Å². The molecule has 2 aromatic carbocycles. The summed E-state index contributed by atoms with van der Waals surface area (Å²) >= 11 is 23.7. The van der Waals surface area contributed by atoms with Crippen molar-refractivity contribution >= 4 is 70.1 Å². The van der Waals surface area contributed by atoms with Crippen molar-refractivity contribution in [1.82, 2.24) is 5.43 Å². The third kappa shape index (κ3) is 7.03. The maximum atomic E-state index is 11.9. The fourth-order valence-electron chi connectivity index (χ4n) is 2.07. The second-order valence-corrected chi connectivity index (χ2v) is 7.09. The molecule has 0 unspecified atom stereocenters. The van der Waals surface area contributed by atoms with Crippen LogP contribution in [-0.4, -0.2) is 18.0 Å². The summed E-state index contributed by atoms with van der Waals surface area (Å²) in [5.41, 5.74) is 3.43. The van der Waals surface area contributed by atoms with Gasteiger partial charge in [0.25, 0.3) is 0 Å². The number of anilines is 1. The zero-order chi connectivity index (χ0) is 19.8. The number of nitrogens with one attached hydrogen (secondary N) is 2. The number of carbonyl (C=O) groups is 2. The zero-order valence-electron chi connectivity index (χ0n) is 13.9. The monoisotopic (exact) mass is 445 g/mol. The largest absolute Gasteiger partial charge is 0.326 e. The molecule has 0 fully saturated rings. The second-order valence-electron chi connectivity index (χ2n) is 5.46. The molecule has 27 heavy (non-hydrogen) atoms. The first-order valence-electron chi connectivity index (χ1n) is 7.87. The molecule has 0 radical (unpaired) electrons. The average molecular weight is 447 g/mol. The molecule has 0 heterocycles. The van der Waals surface area contributed by atoms with Crippen molar-refractivity contribution in [3.63, 3.8) is 0 Å². The summed E-state index contributed by atoms with van der Waals surface area (Å²) in [6, 6.07) is 9.85. The van der Waals surface area contributed by atoms with Gasteiger partial charge in [0, 0.05) is 24.1 Å². The highest BCUT2D eigenvalue weighted by molar-refractivity contribution is 6.42. The van der Waals surface area contributed by atoms with Crippen LogP contribution in [0.3, 0.4) is 0 Å². The van der Waals surface area contributed by atoms with E-state index in [1.54, 1.807) is 36.4 Å². The second kappa shape index (κ2) is 10.5. The molecule has 0 bridgehead atoms. The van der Waals surface area contributed by atoms with Crippen LogP contribution in [-0.2, 0) is 9.59 Å². The molecular weight excluding hydrogens is 432 g/mol. The molecule has 0 aliphatic heterocycles. The molecular formula is C18H15Cl4N3O2. The van der Waals surface area contributed by atoms with Gasteiger partial charge in [0.05, 0.1) is 26.3 Å². The molecule has 2 amide bonds. The minimum atomic E-state index is -0.322. The Hall–Kier alpha value is -1.79. The first-order chi connectivity index (χ1) is 12.9. The summed E-state index contributed by atoms with van der Waals surface area (Å²) in [6.45, 7) is 0. The van der Waals surface area contributed by atoms with Crippen molar-refractivity contribution in [2.24, 2.45) is 5.10 Å². The summed E-state index contributed by atoms with van der Waals surface area (Å²) in [6.07, 6.45) is 2.05. The highest BCUT2D eigenvalue weighted by atomic mass is 35.5. The predicted molar refractivity (Wildman–Crippen MR) is 111 cm³/mol. The van der Waals surface area contributed by atoms with E-state index in [1.807, 2.05) is 0 Å². The molecule has 0 aliphatic carbocycles. The van der Waals surface area contributed by atoms with E-state index in [0.717, 1.165) is 0 Å². The summed E-state index contributed by atoms with van der Waals surface area (Å²) in [5, 5.41) is 8.13. The Morgan fingerprint density at radius 3 is 2.22 bits per heavy atom. The van der Waals surface area contributed by atoms with Crippen LogP contribution in [0.1, 0.15) is 24.8 Å². The molecule has 2 rings (SSSR count). The maximum Gasteiger partial charge on any atom is 0.240 e. The minimum Gasteiger partial charge on any atom is -0.326 e. The van der Waals surface area contributed by atoms with Gasteiger partial charge < -0.3 is 5.32 Å². The van der Waals surface area contributed by atoms with E-state index in [4.69, 9.17) is 46.4 Å². The molecule has 2 N–H and O–H groups in total. The number of halogens is 4. The van der Waals surface area contributed by atoms with Crippen LogP contribution < -0.4 is 10.7 Å². The number of nitrogens with zero attached hydrogens (tertiary/aromatic N) is 1. The Balaban J connectivity index is 1.73. The van der Waals surface area contributed by atoms with E-state index in [9.17, 15) is 9.59 Å². The van der Waals surface area contributed by atoms with Crippen molar-refractivity contribution in [2.75, 3.05) is 5.32 Å². The molecule has 0 atom stereocenters. The number of benzene rings is 2. The molecule has 0 saturated heterocycles. The van der Waals surface area contributed by atoms with E-state index in [0.29, 0.717) is 37.8 Å². The van der Waals surface area contributed by atoms with E-state index < -0.39 is 0 Å². The van der Waals surface area contributed by atoms with Gasteiger partial charge in [-0.2, -0.15) is 5.10 Å². The molecule has 0 aliphatic rings. The highest BCUT2D eigenvalue weighted by Crippen LogP contribution is 2.25. The summed E-state index contributed by atoms with van der Waals surface area (Å²) in [5.74, 6) is -0.552. The molecule has 9 heteroatoms. The fourth-order valence-corrected chi connectivity index (χ4v) is 2.86. The van der Waals surface area contributed by atoms with Gasteiger partial charge in [0.2, 0.25) is 11.8 Å². The van der Waals surface area contributed by atoms with E-state index >= 15 is 0 Å². The number of carbonyl (C=O) groups excluding carboxylic acids is 2. The summed E-state index contributed by atoms with van der Waals surface area (Å²) in [7, 11) is 0. The van der Waals surface area contributed by atoms with Gasteiger partial charge >= 0.3 is 0 Å². The molecule has 0 saturated carbocycles. The Labute approximate surface area is 176 Å². The van der Waals surface area contributed by atoms with Crippen molar-refractivity contribution in [2.45, 2.75) is 19.3 Å². The van der Waals surface area contributed by atoms with E-state index in [-0.39, 0.29) is 24.7 Å². The van der Waals surface area contributed by atoms with Crippen molar-refractivity contribution in [1.29, 1.82) is 0 Å². The lowest BCUT2D eigenvalue weighted by Gasteiger charge is -2.06. The van der Waals surface area contributed by atoms with E-state index in [2.05, 4.69) is 15.8 Å². The number of rotatable bonds is 7. The minimum absolute atomic E-state index is 0.141. The highest BCUT2D eigenvalue weighted by Gasteiger charge is 2.07. The zero-order valence-corrected chi connectivity index (χ0v) is 17.0. The predicted octanol–water partition coefficient (Wildman–Crippen LogP) is 5.56. The quantitative estimate of drug-likeness (QED) is 0.431. The SMILES string of the molecule is O=C(CCCC(=O)Nc1ccc(Cl)c(Cl)c1)N/N=C/c1c(Cl)cccc1Cl. The smallest absolute Gasteiger partial charge is 0.240 e. The molecule has 0 aromatic heterocycles. The van der Waals surface area contributed by atoms with Gasteiger partial charge in [-0.25, -0.2) is 5.43 Å². The van der Waals surface area contributed by atoms with Crippen LogP contribution in [0.25, 0.3) is 0 Å². The van der Waals surface area contributed by atoms with Crippen LogP contribution in [0.2, 0.25) is 20.1 Å². The van der Waals surface area contributed by atoms with Crippen LogP contribution in [0.4, 0.5) is 5.69 Å². The Morgan fingerprint density at radius 2 is 1.56 bits per heavy atom. The van der Waals surface area contributed by atoms with Crippen molar-refractivity contribution in [3.8, 4) is 0 Å². The topological polar surface area (TPSA) is 70.6 Å². The molecule has 2 aromatic rings. The van der Waals surface area contributed by atoms with Gasteiger partial charge in [0.15, 0.2) is 0 Å². The standard InChI is InChI=1S/C18H15Cl4N3O2/c19-13-3-1-4-14(20)12(13)10-23-25-18(27)6-2-5-17(26)24-11-7-8-15(21)16(22)9-11/h1,3-4,7-10H,2,5-6H2,(H,24,26)(H,25,27)/b23-10+. The lowest BCUT2D eigenvalue weighted by molar-refractivity contribution is -0.121. The van der Waals surface area contributed by atoms with Gasteiger partial charge in [-0.15, -0.1) is 0 Å². The molecule has 142 valence electrons. The third-order valence-electron chi connectivity index (χ3n) is 3.39. The lowest BCUT2D eigenvalue weighted by Crippen LogP contribution is -2.18.